The van der Waals surface area contributed by atoms with Gasteiger partial charge in [0, 0.05) is 10.6 Å². The molecule has 0 aromatic heterocycles. The summed E-state index contributed by atoms with van der Waals surface area (Å²) in [6, 6.07) is 16.5. The topological polar surface area (TPSA) is 17.1 Å². The van der Waals surface area contributed by atoms with E-state index in [1.807, 2.05) is 30.3 Å². The van der Waals surface area contributed by atoms with Gasteiger partial charge in [-0.15, -0.1) is 0 Å². The Balaban J connectivity index is 2.11. The molecule has 1 nitrogen and oxygen atoms in total. The van der Waals surface area contributed by atoms with Gasteiger partial charge in [0.05, 0.1) is 0 Å². The molecule has 0 aliphatic heterocycles. The van der Waals surface area contributed by atoms with Crippen LogP contribution in [0.2, 0.25) is 5.02 Å². The Labute approximate surface area is 105 Å². The Morgan fingerprint density at radius 3 is 2.24 bits per heavy atom. The lowest BCUT2D eigenvalue weighted by atomic mass is 10.1. The molecule has 0 radical (unpaired) electrons. The van der Waals surface area contributed by atoms with E-state index < -0.39 is 0 Å². The van der Waals surface area contributed by atoms with Crippen LogP contribution in [0.25, 0.3) is 6.08 Å². The fourth-order valence-corrected chi connectivity index (χ4v) is 1.57. The van der Waals surface area contributed by atoms with Gasteiger partial charge in [-0.1, -0.05) is 60.1 Å². The number of benzene rings is 2. The number of halogens is 1. The van der Waals surface area contributed by atoms with Gasteiger partial charge < -0.3 is 0 Å². The Bertz CT molecular complexity index is 527. The predicted molar refractivity (Wildman–Crippen MR) is 71.3 cm³/mol. The van der Waals surface area contributed by atoms with Crippen molar-refractivity contribution in [1.82, 2.24) is 0 Å². The highest BCUT2D eigenvalue weighted by molar-refractivity contribution is 6.30. The van der Waals surface area contributed by atoms with Crippen LogP contribution in [-0.2, 0) is 0 Å². The molecule has 0 aliphatic rings. The number of carbonyl (C=O) groups is 1. The van der Waals surface area contributed by atoms with Crippen molar-refractivity contribution in [2.45, 2.75) is 0 Å². The van der Waals surface area contributed by atoms with Gasteiger partial charge in [0.25, 0.3) is 0 Å². The number of carbonyl (C=O) groups excluding carboxylic acids is 1. The Morgan fingerprint density at radius 1 is 0.941 bits per heavy atom. The second-order valence-electron chi connectivity index (χ2n) is 3.62. The Hall–Kier alpha value is -1.86. The van der Waals surface area contributed by atoms with Crippen LogP contribution in [0, 0.1) is 0 Å². The molecule has 2 rings (SSSR count). The SMILES string of the molecule is O=C(/C=C/c1ccc(Cl)cc1)c1ccccc1. The van der Waals surface area contributed by atoms with Gasteiger partial charge in [0.1, 0.15) is 0 Å². The first kappa shape index (κ1) is 11.6. The lowest BCUT2D eigenvalue weighted by Crippen LogP contribution is -1.92. The van der Waals surface area contributed by atoms with Crippen molar-refractivity contribution >= 4 is 23.5 Å². The molecule has 0 aliphatic carbocycles. The van der Waals surface area contributed by atoms with E-state index in [2.05, 4.69) is 0 Å². The molecule has 0 bridgehead atoms. The maximum absolute atomic E-state index is 11.8. The van der Waals surface area contributed by atoms with Crippen molar-refractivity contribution in [2.24, 2.45) is 0 Å². The monoisotopic (exact) mass is 242 g/mol. The first-order valence-corrected chi connectivity index (χ1v) is 5.66. The molecule has 0 spiro atoms. The molecule has 84 valence electrons. The number of rotatable bonds is 3. The molecule has 0 saturated carbocycles. The van der Waals surface area contributed by atoms with Gasteiger partial charge in [0.15, 0.2) is 5.78 Å². The van der Waals surface area contributed by atoms with Gasteiger partial charge in [-0.25, -0.2) is 0 Å². The van der Waals surface area contributed by atoms with Crippen molar-refractivity contribution in [3.05, 3.63) is 76.8 Å². The standard InChI is InChI=1S/C15H11ClO/c16-14-9-6-12(7-10-14)8-11-15(17)13-4-2-1-3-5-13/h1-11H/b11-8+. The summed E-state index contributed by atoms with van der Waals surface area (Å²) >= 11 is 5.78. The second-order valence-corrected chi connectivity index (χ2v) is 4.05. The van der Waals surface area contributed by atoms with E-state index >= 15 is 0 Å². The fraction of sp³-hybridized carbons (Fsp3) is 0. The van der Waals surface area contributed by atoms with E-state index in [4.69, 9.17) is 11.6 Å². The summed E-state index contributed by atoms with van der Waals surface area (Å²) in [7, 11) is 0. The molecule has 2 aromatic rings. The van der Waals surface area contributed by atoms with Crippen LogP contribution in [0.5, 0.6) is 0 Å². The molecule has 0 fully saturated rings. The highest BCUT2D eigenvalue weighted by Gasteiger charge is 1.98. The van der Waals surface area contributed by atoms with Crippen LogP contribution in [0.15, 0.2) is 60.7 Å². The third-order valence-corrected chi connectivity index (χ3v) is 2.61. The summed E-state index contributed by atoms with van der Waals surface area (Å²) < 4.78 is 0. The van der Waals surface area contributed by atoms with E-state index in [1.165, 1.54) is 0 Å². The van der Waals surface area contributed by atoms with E-state index in [-0.39, 0.29) is 5.78 Å². The van der Waals surface area contributed by atoms with E-state index in [0.717, 1.165) is 5.56 Å². The van der Waals surface area contributed by atoms with Crippen LogP contribution in [0.3, 0.4) is 0 Å². The average Bonchev–Trinajstić information content (AvgIpc) is 2.39. The summed E-state index contributed by atoms with van der Waals surface area (Å²) in [5.41, 5.74) is 1.65. The zero-order chi connectivity index (χ0) is 12.1. The van der Waals surface area contributed by atoms with Gasteiger partial charge in [0.2, 0.25) is 0 Å². The predicted octanol–water partition coefficient (Wildman–Crippen LogP) is 4.24. The highest BCUT2D eigenvalue weighted by Crippen LogP contribution is 2.11. The lowest BCUT2D eigenvalue weighted by molar-refractivity contribution is 0.104. The van der Waals surface area contributed by atoms with E-state index in [0.29, 0.717) is 10.6 Å². The minimum absolute atomic E-state index is 0.000509. The maximum Gasteiger partial charge on any atom is 0.185 e. The lowest BCUT2D eigenvalue weighted by Gasteiger charge is -1.95. The first-order valence-electron chi connectivity index (χ1n) is 5.29. The molecule has 0 unspecified atom stereocenters. The molecule has 0 N–H and O–H groups in total. The first-order chi connectivity index (χ1) is 8.25. The Morgan fingerprint density at radius 2 is 1.59 bits per heavy atom. The highest BCUT2D eigenvalue weighted by atomic mass is 35.5. The normalized spacial score (nSPS) is 10.6. The summed E-state index contributed by atoms with van der Waals surface area (Å²) in [5, 5.41) is 0.691. The van der Waals surface area contributed by atoms with Crippen LogP contribution >= 0.6 is 11.6 Å². The Kier molecular flexibility index (Phi) is 3.73. The zero-order valence-corrected chi connectivity index (χ0v) is 9.89. The van der Waals surface area contributed by atoms with Crippen LogP contribution in [0.1, 0.15) is 15.9 Å². The van der Waals surface area contributed by atoms with Crippen molar-refractivity contribution in [3.8, 4) is 0 Å². The number of hydrogen-bond acceptors (Lipinski definition) is 1. The van der Waals surface area contributed by atoms with Gasteiger partial charge in [-0.3, -0.25) is 4.79 Å². The number of hydrogen-bond donors (Lipinski definition) is 0. The fourth-order valence-electron chi connectivity index (χ4n) is 1.44. The summed E-state index contributed by atoms with van der Waals surface area (Å²) in [6.45, 7) is 0. The molecule has 0 saturated heterocycles. The molecule has 2 heteroatoms. The van der Waals surface area contributed by atoms with Crippen LogP contribution in [-0.4, -0.2) is 5.78 Å². The van der Waals surface area contributed by atoms with Crippen molar-refractivity contribution in [3.63, 3.8) is 0 Å². The van der Waals surface area contributed by atoms with Crippen LogP contribution < -0.4 is 0 Å². The largest absolute Gasteiger partial charge is 0.289 e. The van der Waals surface area contributed by atoms with Crippen molar-refractivity contribution in [2.75, 3.05) is 0 Å². The number of ketones is 1. The third-order valence-electron chi connectivity index (χ3n) is 2.36. The van der Waals surface area contributed by atoms with E-state index in [1.54, 1.807) is 36.4 Å². The average molecular weight is 243 g/mol. The van der Waals surface area contributed by atoms with Crippen LogP contribution in [0.4, 0.5) is 0 Å². The van der Waals surface area contributed by atoms with Crippen molar-refractivity contribution in [1.29, 1.82) is 0 Å². The van der Waals surface area contributed by atoms with Gasteiger partial charge >= 0.3 is 0 Å². The summed E-state index contributed by atoms with van der Waals surface area (Å²) in [6.07, 6.45) is 3.35. The van der Waals surface area contributed by atoms with Crippen molar-refractivity contribution < 1.29 is 4.79 Å². The molecule has 17 heavy (non-hydrogen) atoms. The van der Waals surface area contributed by atoms with Gasteiger partial charge in [-0.05, 0) is 23.8 Å². The molecule has 0 heterocycles. The molecule has 2 aromatic carbocycles. The minimum Gasteiger partial charge on any atom is -0.289 e. The molecular weight excluding hydrogens is 232 g/mol. The third kappa shape index (κ3) is 3.30. The summed E-state index contributed by atoms with van der Waals surface area (Å²) in [4.78, 5) is 11.8. The minimum atomic E-state index is 0.000509. The quantitative estimate of drug-likeness (QED) is 0.581. The zero-order valence-electron chi connectivity index (χ0n) is 9.14. The molecule has 0 atom stereocenters. The summed E-state index contributed by atoms with van der Waals surface area (Å²) in [5.74, 6) is 0.000509. The van der Waals surface area contributed by atoms with Gasteiger partial charge in [-0.2, -0.15) is 0 Å². The van der Waals surface area contributed by atoms with E-state index in [9.17, 15) is 4.79 Å². The molecule has 0 amide bonds. The second kappa shape index (κ2) is 5.46. The number of allylic oxidation sites excluding steroid dienone is 1. The smallest absolute Gasteiger partial charge is 0.185 e. The molecular formula is C15H11ClO. The maximum atomic E-state index is 11.8.